The maximum absolute atomic E-state index is 11.5. The second-order valence-corrected chi connectivity index (χ2v) is 2.90. The Morgan fingerprint density at radius 3 is 2.75 bits per heavy atom. The molecular weight excluding hydrogens is 230 g/mol. The molecule has 0 aromatic heterocycles. The Balaban J connectivity index is 2.70. The molecule has 4 heteroatoms. The fraction of sp³-hybridized carbons (Fsp3) is 0. The molecule has 0 spiro atoms. The van der Waals surface area contributed by atoms with Gasteiger partial charge < -0.3 is 4.74 Å². The Morgan fingerprint density at radius 2 is 2.17 bits per heavy atom. The summed E-state index contributed by atoms with van der Waals surface area (Å²) in [5, 5.41) is 0. The predicted molar refractivity (Wildman–Crippen MR) is 45.1 cm³/mol. The Morgan fingerprint density at radius 1 is 1.42 bits per heavy atom. The van der Waals surface area contributed by atoms with Gasteiger partial charge in [0.25, 0.3) is 0 Å². The molecule has 0 amide bonds. The van der Waals surface area contributed by atoms with E-state index in [1.165, 1.54) is 0 Å². The molecule has 0 aliphatic rings. The first-order valence-electron chi connectivity index (χ1n) is 3.12. The molecule has 64 valence electrons. The van der Waals surface area contributed by atoms with Gasteiger partial charge in [0.2, 0.25) is 0 Å². The van der Waals surface area contributed by atoms with Crippen LogP contribution in [0.1, 0.15) is 0 Å². The lowest BCUT2D eigenvalue weighted by molar-refractivity contribution is 0.365. The summed E-state index contributed by atoms with van der Waals surface area (Å²) in [6.07, 6.45) is -1.45. The predicted octanol–water partition coefficient (Wildman–Crippen LogP) is 3.57. The zero-order valence-electron chi connectivity index (χ0n) is 5.93. The Labute approximate surface area is 76.8 Å². The van der Waals surface area contributed by atoms with Crippen LogP contribution in [0.25, 0.3) is 0 Å². The van der Waals surface area contributed by atoms with Gasteiger partial charge in [0, 0.05) is 4.47 Å². The van der Waals surface area contributed by atoms with Crippen LogP contribution in [0.3, 0.4) is 0 Å². The number of hydrogen-bond donors (Lipinski definition) is 0. The van der Waals surface area contributed by atoms with Crippen LogP contribution in [0.2, 0.25) is 0 Å². The third-order valence-electron chi connectivity index (χ3n) is 1.08. The van der Waals surface area contributed by atoms with Gasteiger partial charge in [-0.3, -0.25) is 0 Å². The molecule has 1 rings (SSSR count). The first-order chi connectivity index (χ1) is 5.68. The van der Waals surface area contributed by atoms with Crippen molar-refractivity contribution in [2.24, 2.45) is 0 Å². The Kier molecular flexibility index (Phi) is 3.22. The van der Waals surface area contributed by atoms with E-state index >= 15 is 0 Å². The second-order valence-electron chi connectivity index (χ2n) is 1.98. The van der Waals surface area contributed by atoms with Crippen LogP contribution in [0.5, 0.6) is 5.75 Å². The Bertz CT molecular complexity index is 295. The summed E-state index contributed by atoms with van der Waals surface area (Å²) in [5.74, 6) is 0.372. The molecule has 0 saturated heterocycles. The fourth-order valence-corrected chi connectivity index (χ4v) is 1.03. The van der Waals surface area contributed by atoms with Gasteiger partial charge in [0.1, 0.15) is 5.75 Å². The highest BCUT2D eigenvalue weighted by molar-refractivity contribution is 9.10. The lowest BCUT2D eigenvalue weighted by Crippen LogP contribution is -1.81. The van der Waals surface area contributed by atoms with Crippen LogP contribution in [-0.4, -0.2) is 0 Å². The SMILES string of the molecule is FC(F)=COc1cccc(Br)c1. The smallest absolute Gasteiger partial charge is 0.305 e. The van der Waals surface area contributed by atoms with Gasteiger partial charge in [-0.2, -0.15) is 8.78 Å². The van der Waals surface area contributed by atoms with Crippen molar-refractivity contribution in [1.29, 1.82) is 0 Å². The summed E-state index contributed by atoms with van der Waals surface area (Å²) < 4.78 is 28.5. The molecule has 1 aromatic rings. The molecule has 0 bridgehead atoms. The summed E-state index contributed by atoms with van der Waals surface area (Å²) in [7, 11) is 0. The van der Waals surface area contributed by atoms with Gasteiger partial charge in [0.05, 0.1) is 0 Å². The van der Waals surface area contributed by atoms with E-state index in [2.05, 4.69) is 20.7 Å². The van der Waals surface area contributed by atoms with Crippen molar-refractivity contribution in [3.8, 4) is 5.75 Å². The van der Waals surface area contributed by atoms with Crippen molar-refractivity contribution >= 4 is 15.9 Å². The first-order valence-corrected chi connectivity index (χ1v) is 3.91. The zero-order valence-corrected chi connectivity index (χ0v) is 7.51. The van der Waals surface area contributed by atoms with Crippen molar-refractivity contribution in [3.05, 3.63) is 41.1 Å². The highest BCUT2D eigenvalue weighted by atomic mass is 79.9. The molecule has 12 heavy (non-hydrogen) atoms. The summed E-state index contributed by atoms with van der Waals surface area (Å²) in [6.45, 7) is 0. The fourth-order valence-electron chi connectivity index (χ4n) is 0.653. The Hall–Kier alpha value is -0.900. The molecule has 0 aliphatic carbocycles. The lowest BCUT2D eigenvalue weighted by Gasteiger charge is -1.98. The van der Waals surface area contributed by atoms with Crippen LogP contribution in [0, 0.1) is 0 Å². The van der Waals surface area contributed by atoms with E-state index in [1.807, 2.05) is 0 Å². The van der Waals surface area contributed by atoms with E-state index in [0.29, 0.717) is 12.0 Å². The summed E-state index contributed by atoms with van der Waals surface area (Å²) in [6, 6.07) is 6.66. The van der Waals surface area contributed by atoms with E-state index in [4.69, 9.17) is 0 Å². The summed E-state index contributed by atoms with van der Waals surface area (Å²) in [5.41, 5.74) is 0. The molecule has 1 nitrogen and oxygen atoms in total. The van der Waals surface area contributed by atoms with Crippen molar-refractivity contribution in [3.63, 3.8) is 0 Å². The minimum atomic E-state index is -1.85. The lowest BCUT2D eigenvalue weighted by atomic mass is 10.3. The third-order valence-corrected chi connectivity index (χ3v) is 1.57. The molecule has 0 N–H and O–H groups in total. The largest absolute Gasteiger partial charge is 0.459 e. The number of rotatable bonds is 2. The van der Waals surface area contributed by atoms with Crippen molar-refractivity contribution < 1.29 is 13.5 Å². The monoisotopic (exact) mass is 234 g/mol. The van der Waals surface area contributed by atoms with Gasteiger partial charge in [-0.15, -0.1) is 0 Å². The van der Waals surface area contributed by atoms with Gasteiger partial charge in [-0.25, -0.2) is 0 Å². The van der Waals surface area contributed by atoms with Crippen LogP contribution in [0.15, 0.2) is 41.1 Å². The minimum Gasteiger partial charge on any atom is -0.459 e. The standard InChI is InChI=1S/C8H5BrF2O/c9-6-2-1-3-7(4-6)12-5-8(10)11/h1-5H. The summed E-state index contributed by atoms with van der Waals surface area (Å²) >= 11 is 3.18. The molecule has 0 aliphatic heterocycles. The molecular formula is C8H5BrF2O. The van der Waals surface area contributed by atoms with Gasteiger partial charge in [-0.1, -0.05) is 22.0 Å². The van der Waals surface area contributed by atoms with Crippen molar-refractivity contribution in [2.45, 2.75) is 0 Å². The molecule has 1 aromatic carbocycles. The van der Waals surface area contributed by atoms with Crippen LogP contribution >= 0.6 is 15.9 Å². The van der Waals surface area contributed by atoms with Gasteiger partial charge in [0.15, 0.2) is 6.26 Å². The summed E-state index contributed by atoms with van der Waals surface area (Å²) in [4.78, 5) is 0. The number of benzene rings is 1. The highest BCUT2D eigenvalue weighted by Crippen LogP contribution is 2.18. The maximum atomic E-state index is 11.5. The molecule has 0 unspecified atom stereocenters. The van der Waals surface area contributed by atoms with Crippen LogP contribution < -0.4 is 4.74 Å². The van der Waals surface area contributed by atoms with E-state index in [9.17, 15) is 8.78 Å². The molecule has 0 saturated carbocycles. The third kappa shape index (κ3) is 3.00. The number of halogens is 3. The van der Waals surface area contributed by atoms with E-state index < -0.39 is 6.08 Å². The molecule has 0 fully saturated rings. The minimum absolute atomic E-state index is 0.372. The van der Waals surface area contributed by atoms with E-state index in [1.54, 1.807) is 24.3 Å². The topological polar surface area (TPSA) is 9.23 Å². The average Bonchev–Trinajstić information content (AvgIpc) is 2.01. The number of ether oxygens (including phenoxy) is 1. The number of hydrogen-bond acceptors (Lipinski definition) is 1. The molecule has 0 atom stereocenters. The van der Waals surface area contributed by atoms with Crippen LogP contribution in [-0.2, 0) is 0 Å². The average molecular weight is 235 g/mol. The molecule has 0 heterocycles. The zero-order chi connectivity index (χ0) is 8.97. The maximum Gasteiger partial charge on any atom is 0.305 e. The van der Waals surface area contributed by atoms with Gasteiger partial charge >= 0.3 is 6.08 Å². The molecule has 0 radical (unpaired) electrons. The van der Waals surface area contributed by atoms with Gasteiger partial charge in [-0.05, 0) is 18.2 Å². The normalized spacial score (nSPS) is 9.25. The van der Waals surface area contributed by atoms with E-state index in [0.717, 1.165) is 4.47 Å². The van der Waals surface area contributed by atoms with Crippen molar-refractivity contribution in [1.82, 2.24) is 0 Å². The second kappa shape index (κ2) is 4.21. The highest BCUT2D eigenvalue weighted by Gasteiger charge is 1.93. The first kappa shape index (κ1) is 9.19. The van der Waals surface area contributed by atoms with Crippen LogP contribution in [0.4, 0.5) is 8.78 Å². The van der Waals surface area contributed by atoms with Crippen molar-refractivity contribution in [2.75, 3.05) is 0 Å². The van der Waals surface area contributed by atoms with E-state index in [-0.39, 0.29) is 0 Å². The quantitative estimate of drug-likeness (QED) is 0.712.